The van der Waals surface area contributed by atoms with Gasteiger partial charge in [0.05, 0.1) is 33.5 Å². The number of aliphatic hydroxyl groups excluding tert-OH is 1. The number of hydrogen-bond donors (Lipinski definition) is 3. The predicted octanol–water partition coefficient (Wildman–Crippen LogP) is 4.34. The summed E-state index contributed by atoms with van der Waals surface area (Å²) in [6.45, 7) is 7.09. The number of aliphatic imine (C=N–C) groups is 1. The van der Waals surface area contributed by atoms with Gasteiger partial charge in [0.2, 0.25) is 0 Å². The summed E-state index contributed by atoms with van der Waals surface area (Å²) < 4.78 is 29.9. The third kappa shape index (κ3) is 7.99. The first-order valence-corrected chi connectivity index (χ1v) is 17.7. The molecule has 0 saturated carbocycles. The minimum Gasteiger partial charge on any atom is -0.497 e. The summed E-state index contributed by atoms with van der Waals surface area (Å²) in [6, 6.07) is 15.2. The molecule has 2 heterocycles. The molecule has 0 aliphatic carbocycles. The van der Waals surface area contributed by atoms with Gasteiger partial charge in [-0.25, -0.2) is 4.79 Å². The van der Waals surface area contributed by atoms with E-state index >= 15 is 0 Å². The third-order valence-electron chi connectivity index (χ3n) is 6.67. The minimum absolute atomic E-state index is 0.231. The molecular weight excluding hydrogens is 552 g/mol. The maximum atomic E-state index is 11.4. The first-order valence-electron chi connectivity index (χ1n) is 13.1. The van der Waals surface area contributed by atoms with Crippen molar-refractivity contribution in [1.29, 1.82) is 0 Å². The van der Waals surface area contributed by atoms with Crippen LogP contribution in [0.15, 0.2) is 53.5 Å². The number of ether oxygens (including phenoxy) is 5. The van der Waals surface area contributed by atoms with Crippen LogP contribution in [0.4, 0.5) is 4.79 Å². The number of hydrogen-bond acceptors (Lipinski definition) is 9. The molecular formula is C28H38N2O8SSi. The van der Waals surface area contributed by atoms with Crippen LogP contribution in [0.5, 0.6) is 11.5 Å². The molecule has 0 aromatic heterocycles. The van der Waals surface area contributed by atoms with E-state index in [9.17, 15) is 15.0 Å². The molecule has 0 spiro atoms. The smallest absolute Gasteiger partial charge is 0.410 e. The Labute approximate surface area is 240 Å². The van der Waals surface area contributed by atoms with Crippen molar-refractivity contribution >= 4 is 31.1 Å². The van der Waals surface area contributed by atoms with Crippen molar-refractivity contribution in [2.45, 2.75) is 74.8 Å². The molecule has 3 N–H and O–H groups in total. The Kier molecular flexibility index (Phi) is 10.1. The molecule has 0 bridgehead atoms. The number of benzene rings is 2. The average Bonchev–Trinajstić information content (AvgIpc) is 3.31. The molecule has 0 radical (unpaired) electrons. The summed E-state index contributed by atoms with van der Waals surface area (Å²) in [5.74, 6) is 1.48. The Balaban J connectivity index is 1.63. The number of aliphatic hydroxyl groups is 1. The van der Waals surface area contributed by atoms with Gasteiger partial charge in [0.1, 0.15) is 41.3 Å². The Bertz CT molecular complexity index is 1160. The van der Waals surface area contributed by atoms with Crippen LogP contribution in [0, 0.1) is 0 Å². The summed E-state index contributed by atoms with van der Waals surface area (Å²) >= 11 is 1.18. The van der Waals surface area contributed by atoms with Crippen LogP contribution in [0.1, 0.15) is 11.1 Å². The number of carbonyl (C=O) groups is 1. The fourth-order valence-electron chi connectivity index (χ4n) is 4.77. The van der Waals surface area contributed by atoms with Crippen LogP contribution < -0.4 is 14.8 Å². The molecule has 1 saturated heterocycles. The van der Waals surface area contributed by atoms with Gasteiger partial charge in [-0.1, -0.05) is 55.7 Å². The minimum atomic E-state index is -1.68. The van der Waals surface area contributed by atoms with Crippen molar-refractivity contribution in [2.75, 3.05) is 14.2 Å². The summed E-state index contributed by atoms with van der Waals surface area (Å²) in [6.07, 6.45) is -3.97. The highest BCUT2D eigenvalue weighted by atomic mass is 32.2. The number of methoxy groups -OCH3 is 2. The second-order valence-electron chi connectivity index (χ2n) is 11.0. The molecule has 4 rings (SSSR count). The van der Waals surface area contributed by atoms with Gasteiger partial charge in [0.25, 0.3) is 0 Å². The molecule has 2 aliphatic heterocycles. The highest BCUT2D eigenvalue weighted by molar-refractivity contribution is 8.14. The molecule has 1 amide bonds. The third-order valence-corrected chi connectivity index (χ3v) is 9.36. The van der Waals surface area contributed by atoms with Crippen LogP contribution in [-0.2, 0) is 27.4 Å². The number of nitrogens with one attached hydrogen (secondary N) is 1. The van der Waals surface area contributed by atoms with Crippen molar-refractivity contribution in [1.82, 2.24) is 5.32 Å². The molecule has 0 unspecified atom stereocenters. The molecule has 40 heavy (non-hydrogen) atoms. The number of carboxylic acid groups (broad SMARTS) is 1. The maximum absolute atomic E-state index is 11.4. The molecule has 218 valence electrons. The van der Waals surface area contributed by atoms with Crippen LogP contribution >= 0.6 is 11.8 Å². The lowest BCUT2D eigenvalue weighted by Gasteiger charge is -2.45. The van der Waals surface area contributed by atoms with Gasteiger partial charge in [0, 0.05) is 8.07 Å². The van der Waals surface area contributed by atoms with Crippen LogP contribution in [-0.4, -0.2) is 79.7 Å². The number of rotatable bonds is 11. The van der Waals surface area contributed by atoms with Crippen LogP contribution in [0.25, 0.3) is 0 Å². The molecule has 2 aliphatic rings. The van der Waals surface area contributed by atoms with Crippen molar-refractivity contribution in [2.24, 2.45) is 4.99 Å². The Morgan fingerprint density at radius 1 is 0.975 bits per heavy atom. The number of nitrogens with zero attached hydrogens (tertiary/aromatic N) is 1. The maximum Gasteiger partial charge on any atom is 0.410 e. The van der Waals surface area contributed by atoms with Gasteiger partial charge in [-0.15, -0.1) is 0 Å². The van der Waals surface area contributed by atoms with Gasteiger partial charge in [-0.05, 0) is 41.4 Å². The second-order valence-corrected chi connectivity index (χ2v) is 17.6. The molecule has 2 aromatic rings. The van der Waals surface area contributed by atoms with E-state index in [1.807, 2.05) is 48.5 Å². The lowest BCUT2D eigenvalue weighted by molar-refractivity contribution is -0.218. The molecule has 10 nitrogen and oxygen atoms in total. The first kappa shape index (κ1) is 30.3. The predicted molar refractivity (Wildman–Crippen MR) is 156 cm³/mol. The molecule has 12 heteroatoms. The molecule has 2 aromatic carbocycles. The zero-order valence-electron chi connectivity index (χ0n) is 23.4. The van der Waals surface area contributed by atoms with Gasteiger partial charge >= 0.3 is 6.09 Å². The van der Waals surface area contributed by atoms with Crippen molar-refractivity contribution in [3.63, 3.8) is 0 Å². The zero-order valence-corrected chi connectivity index (χ0v) is 25.2. The quantitative estimate of drug-likeness (QED) is 0.328. The van der Waals surface area contributed by atoms with Crippen LogP contribution in [0.3, 0.4) is 0 Å². The van der Waals surface area contributed by atoms with E-state index in [-0.39, 0.29) is 18.4 Å². The van der Waals surface area contributed by atoms with Crippen molar-refractivity contribution in [3.8, 4) is 11.5 Å². The monoisotopic (exact) mass is 590 g/mol. The van der Waals surface area contributed by atoms with Gasteiger partial charge in [-0.3, -0.25) is 10.3 Å². The molecule has 1 fully saturated rings. The lowest BCUT2D eigenvalue weighted by Crippen LogP contribution is -2.60. The molecule has 6 atom stereocenters. The summed E-state index contributed by atoms with van der Waals surface area (Å²) in [7, 11) is 1.55. The largest absolute Gasteiger partial charge is 0.497 e. The van der Waals surface area contributed by atoms with Crippen LogP contribution in [0.2, 0.25) is 25.7 Å². The van der Waals surface area contributed by atoms with Gasteiger partial charge in [-0.2, -0.15) is 0 Å². The topological polar surface area (TPSA) is 128 Å². The number of amidine groups is 1. The summed E-state index contributed by atoms with van der Waals surface area (Å²) in [5.41, 5.74) is 1.31. The van der Waals surface area contributed by atoms with E-state index in [4.69, 9.17) is 23.7 Å². The van der Waals surface area contributed by atoms with E-state index in [0.29, 0.717) is 6.04 Å². The fourth-order valence-corrected chi connectivity index (χ4v) is 7.35. The van der Waals surface area contributed by atoms with E-state index in [2.05, 4.69) is 30.0 Å². The SMILES string of the molecule is COc1ccc(CO[C@H]2[C@H](OCc3ccc(OC)cc3)[C@H]3N=C(NC(=O)O)S[C@H]3O[C@@H]2[C@@H](O)C[Si](C)(C)C)cc1. The summed E-state index contributed by atoms with van der Waals surface area (Å²) in [4.78, 5) is 16.0. The Morgan fingerprint density at radius 2 is 1.50 bits per heavy atom. The number of thioether (sulfide) groups is 1. The Hall–Kier alpha value is -2.61. The standard InChI is InChI=1S/C28H38N2O8SSi/c1-34-19-10-6-17(7-11-19)14-36-24-22-26(39-27(29-22)30-28(32)33)38-23(21(31)16-40(3,4)5)25(24)37-15-18-8-12-20(35-2)13-9-18/h6-13,21-26,31H,14-16H2,1-5H3,(H,29,30)(H,32,33)/t21-,22+,23+,24+,25+,26+/m0/s1. The average molecular weight is 591 g/mol. The van der Waals surface area contributed by atoms with Gasteiger partial charge < -0.3 is 33.9 Å². The normalized spacial score (nSPS) is 25.1. The first-order chi connectivity index (χ1) is 19.1. The summed E-state index contributed by atoms with van der Waals surface area (Å²) in [5, 5.41) is 23.3. The van der Waals surface area contributed by atoms with E-state index < -0.39 is 50.1 Å². The zero-order chi connectivity index (χ0) is 28.9. The van der Waals surface area contributed by atoms with E-state index in [1.54, 1.807) is 14.2 Å². The number of fused-ring (bicyclic) bond motifs is 1. The second kappa shape index (κ2) is 13.4. The van der Waals surface area contributed by atoms with Crippen molar-refractivity contribution in [3.05, 3.63) is 59.7 Å². The van der Waals surface area contributed by atoms with E-state index in [0.717, 1.165) is 22.6 Å². The lowest BCUT2D eigenvalue weighted by atomic mass is 9.94. The van der Waals surface area contributed by atoms with Crippen molar-refractivity contribution < 1.29 is 38.7 Å². The Morgan fingerprint density at radius 3 is 1.98 bits per heavy atom. The number of amides is 1. The fraction of sp³-hybridized carbons (Fsp3) is 0.500. The van der Waals surface area contributed by atoms with E-state index in [1.165, 1.54) is 11.8 Å². The highest BCUT2D eigenvalue weighted by Crippen LogP contribution is 2.40. The highest BCUT2D eigenvalue weighted by Gasteiger charge is 2.53. The van der Waals surface area contributed by atoms with Gasteiger partial charge in [0.15, 0.2) is 5.17 Å².